The van der Waals surface area contributed by atoms with Gasteiger partial charge in [0.1, 0.15) is 0 Å². The van der Waals surface area contributed by atoms with Crippen LogP contribution in [0.15, 0.2) is 48.5 Å². The lowest BCUT2D eigenvalue weighted by Gasteiger charge is -2.08. The molecule has 104 valence electrons. The van der Waals surface area contributed by atoms with Gasteiger partial charge in [-0.25, -0.2) is 0 Å². The summed E-state index contributed by atoms with van der Waals surface area (Å²) in [5.41, 5.74) is 3.02. The first-order valence-electron chi connectivity index (χ1n) is 6.46. The molecule has 0 unspecified atom stereocenters. The Labute approximate surface area is 124 Å². The summed E-state index contributed by atoms with van der Waals surface area (Å²) in [5.74, 6) is -0.106. The highest BCUT2D eigenvalue weighted by Crippen LogP contribution is 2.19. The second kappa shape index (κ2) is 7.08. The molecule has 20 heavy (non-hydrogen) atoms. The molecule has 2 N–H and O–H groups in total. The molecule has 0 aliphatic heterocycles. The van der Waals surface area contributed by atoms with Gasteiger partial charge in [0.25, 0.3) is 0 Å². The van der Waals surface area contributed by atoms with Gasteiger partial charge < -0.3 is 10.6 Å². The smallest absolute Gasteiger partial charge is 0.238 e. The molecule has 0 saturated carbocycles. The van der Waals surface area contributed by atoms with Gasteiger partial charge in [0.2, 0.25) is 5.91 Å². The van der Waals surface area contributed by atoms with Gasteiger partial charge in [-0.15, -0.1) is 0 Å². The highest BCUT2D eigenvalue weighted by atomic mass is 35.5. The Morgan fingerprint density at radius 1 is 1.10 bits per heavy atom. The maximum atomic E-state index is 11.8. The number of hydrogen-bond acceptors (Lipinski definition) is 2. The van der Waals surface area contributed by atoms with E-state index in [-0.39, 0.29) is 12.5 Å². The first-order chi connectivity index (χ1) is 9.65. The van der Waals surface area contributed by atoms with Gasteiger partial charge >= 0.3 is 0 Å². The maximum absolute atomic E-state index is 11.8. The molecule has 0 aromatic heterocycles. The Morgan fingerprint density at radius 3 is 2.50 bits per heavy atom. The summed E-state index contributed by atoms with van der Waals surface area (Å²) in [6.07, 6.45) is 0. The zero-order chi connectivity index (χ0) is 14.4. The van der Waals surface area contributed by atoms with Gasteiger partial charge in [0.15, 0.2) is 0 Å². The van der Waals surface area contributed by atoms with Gasteiger partial charge in [-0.1, -0.05) is 53.6 Å². The quantitative estimate of drug-likeness (QED) is 0.885. The van der Waals surface area contributed by atoms with E-state index in [1.807, 2.05) is 31.2 Å². The molecule has 0 aliphatic carbocycles. The average molecular weight is 289 g/mol. The van der Waals surface area contributed by atoms with Crippen molar-refractivity contribution in [2.45, 2.75) is 13.5 Å². The number of hydrogen-bond donors (Lipinski definition) is 2. The highest BCUT2D eigenvalue weighted by Gasteiger charge is 2.04. The van der Waals surface area contributed by atoms with E-state index in [1.165, 1.54) is 5.56 Å². The highest BCUT2D eigenvalue weighted by molar-refractivity contribution is 6.33. The van der Waals surface area contributed by atoms with Gasteiger partial charge in [-0.05, 0) is 24.6 Å². The van der Waals surface area contributed by atoms with Crippen LogP contribution >= 0.6 is 11.6 Å². The lowest BCUT2D eigenvalue weighted by Crippen LogP contribution is -2.27. The summed E-state index contributed by atoms with van der Waals surface area (Å²) in [6.45, 7) is 2.96. The van der Waals surface area contributed by atoms with E-state index in [1.54, 1.807) is 12.1 Å². The Balaban J connectivity index is 1.78. The summed E-state index contributed by atoms with van der Waals surface area (Å²) in [7, 11) is 0. The summed E-state index contributed by atoms with van der Waals surface area (Å²) < 4.78 is 0. The Bertz CT molecular complexity index is 581. The Kier molecular flexibility index (Phi) is 5.16. The minimum Gasteiger partial charge on any atom is -0.324 e. The molecule has 0 fully saturated rings. The van der Waals surface area contributed by atoms with E-state index >= 15 is 0 Å². The monoisotopic (exact) mass is 288 g/mol. The SMILES string of the molecule is Cc1ccc(CNCC(=O)Nc2ccccc2Cl)cc1. The molecule has 1 amide bonds. The fraction of sp³-hybridized carbons (Fsp3) is 0.188. The van der Waals surface area contributed by atoms with Crippen LogP contribution in [0.25, 0.3) is 0 Å². The van der Waals surface area contributed by atoms with Crippen LogP contribution in [-0.2, 0) is 11.3 Å². The zero-order valence-electron chi connectivity index (χ0n) is 11.3. The summed E-state index contributed by atoms with van der Waals surface area (Å²) in [4.78, 5) is 11.8. The number of aryl methyl sites for hydroxylation is 1. The van der Waals surface area contributed by atoms with Gasteiger partial charge in [-0.3, -0.25) is 4.79 Å². The largest absolute Gasteiger partial charge is 0.324 e. The lowest BCUT2D eigenvalue weighted by atomic mass is 10.1. The van der Waals surface area contributed by atoms with E-state index in [9.17, 15) is 4.79 Å². The third-order valence-corrected chi connectivity index (χ3v) is 3.21. The van der Waals surface area contributed by atoms with E-state index in [0.29, 0.717) is 17.3 Å². The van der Waals surface area contributed by atoms with Crippen LogP contribution in [0.3, 0.4) is 0 Å². The molecule has 0 radical (unpaired) electrons. The molecule has 0 heterocycles. The first-order valence-corrected chi connectivity index (χ1v) is 6.83. The van der Waals surface area contributed by atoms with Crippen molar-refractivity contribution in [3.63, 3.8) is 0 Å². The van der Waals surface area contributed by atoms with Crippen LogP contribution < -0.4 is 10.6 Å². The van der Waals surface area contributed by atoms with Gasteiger partial charge in [0.05, 0.1) is 17.3 Å². The lowest BCUT2D eigenvalue weighted by molar-refractivity contribution is -0.115. The van der Waals surface area contributed by atoms with Gasteiger partial charge in [-0.2, -0.15) is 0 Å². The second-order valence-electron chi connectivity index (χ2n) is 4.62. The molecular formula is C16H17ClN2O. The number of carbonyl (C=O) groups is 1. The fourth-order valence-electron chi connectivity index (χ4n) is 1.78. The van der Waals surface area contributed by atoms with Crippen LogP contribution in [0.1, 0.15) is 11.1 Å². The van der Waals surface area contributed by atoms with Crippen molar-refractivity contribution in [2.24, 2.45) is 0 Å². The van der Waals surface area contributed by atoms with E-state index < -0.39 is 0 Å². The number of carbonyl (C=O) groups excluding carboxylic acids is 1. The number of benzene rings is 2. The molecular weight excluding hydrogens is 272 g/mol. The molecule has 0 spiro atoms. The van der Waals surface area contributed by atoms with E-state index in [4.69, 9.17) is 11.6 Å². The molecule has 0 bridgehead atoms. The van der Waals surface area contributed by atoms with Crippen molar-refractivity contribution < 1.29 is 4.79 Å². The van der Waals surface area contributed by atoms with Crippen molar-refractivity contribution in [2.75, 3.05) is 11.9 Å². The molecule has 2 aromatic rings. The van der Waals surface area contributed by atoms with Crippen LogP contribution in [0.2, 0.25) is 5.02 Å². The third kappa shape index (κ3) is 4.37. The minimum atomic E-state index is -0.106. The number of nitrogens with one attached hydrogen (secondary N) is 2. The van der Waals surface area contributed by atoms with Crippen molar-refractivity contribution in [3.05, 3.63) is 64.7 Å². The number of amides is 1. The topological polar surface area (TPSA) is 41.1 Å². The first kappa shape index (κ1) is 14.6. The van der Waals surface area contributed by atoms with Crippen LogP contribution in [-0.4, -0.2) is 12.5 Å². The van der Waals surface area contributed by atoms with E-state index in [2.05, 4.69) is 22.8 Å². The average Bonchev–Trinajstić information content (AvgIpc) is 2.44. The summed E-state index contributed by atoms with van der Waals surface area (Å²) in [6, 6.07) is 15.4. The molecule has 0 saturated heterocycles. The standard InChI is InChI=1S/C16H17ClN2O/c1-12-6-8-13(9-7-12)10-18-11-16(20)19-15-5-3-2-4-14(15)17/h2-9,18H,10-11H2,1H3,(H,19,20). The van der Waals surface area contributed by atoms with Crippen molar-refractivity contribution in [3.8, 4) is 0 Å². The van der Waals surface area contributed by atoms with Crippen LogP contribution in [0, 0.1) is 6.92 Å². The molecule has 2 aromatic carbocycles. The predicted octanol–water partition coefficient (Wildman–Crippen LogP) is 3.38. The minimum absolute atomic E-state index is 0.106. The summed E-state index contributed by atoms with van der Waals surface area (Å²) >= 11 is 5.98. The fourth-order valence-corrected chi connectivity index (χ4v) is 1.97. The summed E-state index contributed by atoms with van der Waals surface area (Å²) in [5, 5.41) is 6.42. The molecule has 0 aliphatic rings. The second-order valence-corrected chi connectivity index (χ2v) is 5.02. The van der Waals surface area contributed by atoms with Crippen LogP contribution in [0.5, 0.6) is 0 Å². The third-order valence-electron chi connectivity index (χ3n) is 2.88. The Morgan fingerprint density at radius 2 is 1.80 bits per heavy atom. The maximum Gasteiger partial charge on any atom is 0.238 e. The van der Waals surface area contributed by atoms with Gasteiger partial charge in [0, 0.05) is 6.54 Å². The van der Waals surface area contributed by atoms with Crippen molar-refractivity contribution in [1.82, 2.24) is 5.32 Å². The number of halogens is 1. The molecule has 2 rings (SSSR count). The van der Waals surface area contributed by atoms with E-state index in [0.717, 1.165) is 5.56 Å². The number of para-hydroxylation sites is 1. The zero-order valence-corrected chi connectivity index (χ0v) is 12.1. The normalized spacial score (nSPS) is 10.3. The number of anilines is 1. The molecule has 4 heteroatoms. The van der Waals surface area contributed by atoms with Crippen molar-refractivity contribution >= 4 is 23.2 Å². The van der Waals surface area contributed by atoms with Crippen LogP contribution in [0.4, 0.5) is 5.69 Å². The number of rotatable bonds is 5. The molecule has 3 nitrogen and oxygen atoms in total. The predicted molar refractivity (Wildman–Crippen MR) is 83.0 cm³/mol. The molecule has 0 atom stereocenters. The Hall–Kier alpha value is -1.84. The van der Waals surface area contributed by atoms with Crippen molar-refractivity contribution in [1.29, 1.82) is 0 Å².